The molecular weight excluding hydrogens is 276 g/mol. The molecule has 6 heteroatoms. The van der Waals surface area contributed by atoms with Crippen molar-refractivity contribution >= 4 is 5.91 Å². The van der Waals surface area contributed by atoms with E-state index in [-0.39, 0.29) is 30.6 Å². The summed E-state index contributed by atoms with van der Waals surface area (Å²) < 4.78 is 26.5. The first-order valence-electron chi connectivity index (χ1n) is 7.19. The van der Waals surface area contributed by atoms with Crippen molar-refractivity contribution < 1.29 is 13.6 Å². The van der Waals surface area contributed by atoms with Gasteiger partial charge in [0, 0.05) is 37.8 Å². The highest BCUT2D eigenvalue weighted by Gasteiger charge is 2.49. The van der Waals surface area contributed by atoms with Crippen LogP contribution in [0.1, 0.15) is 18.9 Å². The molecule has 2 aliphatic heterocycles. The number of piperazine rings is 1. The average molecular weight is 295 g/mol. The fraction of sp³-hybridized carbons (Fsp3) is 0.533. The second-order valence-electron chi connectivity index (χ2n) is 6.08. The topological polar surface area (TPSA) is 49.6 Å². The Kier molecular flexibility index (Phi) is 3.67. The van der Waals surface area contributed by atoms with Gasteiger partial charge in [-0.2, -0.15) is 0 Å². The zero-order chi connectivity index (χ0) is 15.1. The van der Waals surface area contributed by atoms with Gasteiger partial charge in [-0.3, -0.25) is 9.69 Å². The number of carbonyl (C=O) groups excluding carboxylic acids is 1. The van der Waals surface area contributed by atoms with Gasteiger partial charge in [0.1, 0.15) is 11.6 Å². The Morgan fingerprint density at radius 1 is 1.33 bits per heavy atom. The smallest absolute Gasteiger partial charge is 0.240 e. The third-order valence-electron chi connectivity index (χ3n) is 4.19. The molecular formula is C15H19F2N3O. The van der Waals surface area contributed by atoms with E-state index >= 15 is 0 Å². The molecule has 3 rings (SSSR count). The van der Waals surface area contributed by atoms with Crippen molar-refractivity contribution in [1.29, 1.82) is 0 Å². The molecule has 0 saturated carbocycles. The lowest BCUT2D eigenvalue weighted by molar-refractivity contribution is -0.137. The van der Waals surface area contributed by atoms with E-state index in [4.69, 9.17) is 5.73 Å². The SMILES string of the molecule is CC(N)CN1CC2CC1C(=O)N2Cc1cc(F)cc(F)c1. The van der Waals surface area contributed by atoms with Crippen LogP contribution in [-0.4, -0.2) is 46.9 Å². The van der Waals surface area contributed by atoms with E-state index in [0.717, 1.165) is 19.0 Å². The van der Waals surface area contributed by atoms with Crippen molar-refractivity contribution in [2.75, 3.05) is 13.1 Å². The number of carbonyl (C=O) groups is 1. The van der Waals surface area contributed by atoms with Gasteiger partial charge in [0.25, 0.3) is 0 Å². The Morgan fingerprint density at radius 3 is 2.57 bits per heavy atom. The van der Waals surface area contributed by atoms with Crippen LogP contribution >= 0.6 is 0 Å². The number of benzene rings is 1. The van der Waals surface area contributed by atoms with Gasteiger partial charge in [0.2, 0.25) is 5.91 Å². The number of amides is 1. The fourth-order valence-electron chi connectivity index (χ4n) is 3.41. The maximum atomic E-state index is 13.2. The lowest BCUT2D eigenvalue weighted by Gasteiger charge is -2.34. The Bertz CT molecular complexity index is 544. The number of nitrogens with two attached hydrogens (primary N) is 1. The largest absolute Gasteiger partial charge is 0.333 e. The van der Waals surface area contributed by atoms with Gasteiger partial charge in [0.15, 0.2) is 0 Å². The second-order valence-corrected chi connectivity index (χ2v) is 6.08. The molecule has 1 aromatic rings. The van der Waals surface area contributed by atoms with E-state index in [9.17, 15) is 13.6 Å². The second kappa shape index (κ2) is 5.35. The molecule has 2 heterocycles. The van der Waals surface area contributed by atoms with Gasteiger partial charge in [-0.15, -0.1) is 0 Å². The van der Waals surface area contributed by atoms with Crippen LogP contribution in [0, 0.1) is 11.6 Å². The van der Waals surface area contributed by atoms with Crippen LogP contribution in [0.3, 0.4) is 0 Å². The predicted molar refractivity (Wildman–Crippen MR) is 74.3 cm³/mol. The van der Waals surface area contributed by atoms with Gasteiger partial charge in [0.05, 0.1) is 6.04 Å². The third-order valence-corrected chi connectivity index (χ3v) is 4.19. The highest BCUT2D eigenvalue weighted by Crippen LogP contribution is 2.33. The first-order chi connectivity index (χ1) is 9.94. The lowest BCUT2D eigenvalue weighted by Crippen LogP contribution is -2.52. The summed E-state index contributed by atoms with van der Waals surface area (Å²) in [5, 5.41) is 0. The highest BCUT2D eigenvalue weighted by molar-refractivity contribution is 5.85. The molecule has 4 nitrogen and oxygen atoms in total. The van der Waals surface area contributed by atoms with Crippen molar-refractivity contribution in [3.05, 3.63) is 35.4 Å². The summed E-state index contributed by atoms with van der Waals surface area (Å²) in [5.74, 6) is -1.18. The molecule has 3 atom stereocenters. The Balaban J connectivity index is 1.71. The number of rotatable bonds is 4. The number of hydrogen-bond acceptors (Lipinski definition) is 3. The van der Waals surface area contributed by atoms with Gasteiger partial charge in [-0.25, -0.2) is 8.78 Å². The molecule has 0 spiro atoms. The minimum atomic E-state index is -0.611. The number of hydrogen-bond donors (Lipinski definition) is 1. The Labute approximate surface area is 122 Å². The number of likely N-dealkylation sites (tertiary alicyclic amines) is 2. The van der Waals surface area contributed by atoms with E-state index in [1.165, 1.54) is 12.1 Å². The molecule has 1 aromatic carbocycles. The van der Waals surface area contributed by atoms with E-state index in [0.29, 0.717) is 12.1 Å². The Hall–Kier alpha value is -1.53. The zero-order valence-electron chi connectivity index (χ0n) is 11.9. The molecule has 0 aromatic heterocycles. The molecule has 0 aliphatic carbocycles. The number of nitrogens with zero attached hydrogens (tertiary/aromatic N) is 2. The minimum absolute atomic E-state index is 0.0305. The van der Waals surface area contributed by atoms with Gasteiger partial charge < -0.3 is 10.6 Å². The van der Waals surface area contributed by atoms with Crippen molar-refractivity contribution in [3.63, 3.8) is 0 Å². The quantitative estimate of drug-likeness (QED) is 0.905. The van der Waals surface area contributed by atoms with Crippen LogP contribution in [0.5, 0.6) is 0 Å². The molecule has 0 radical (unpaired) electrons. The normalized spacial score (nSPS) is 26.7. The number of halogens is 2. The standard InChI is InChI=1S/C15H19F2N3O/c1-9(18)6-19-8-13-5-14(19)15(21)20(13)7-10-2-11(16)4-12(17)3-10/h2-4,9,13-14H,5-8,18H2,1H3. The van der Waals surface area contributed by atoms with E-state index in [1.54, 1.807) is 4.90 Å². The van der Waals surface area contributed by atoms with Crippen LogP contribution in [0.2, 0.25) is 0 Å². The van der Waals surface area contributed by atoms with E-state index < -0.39 is 11.6 Å². The summed E-state index contributed by atoms with van der Waals surface area (Å²) in [6, 6.07) is 3.42. The van der Waals surface area contributed by atoms with Gasteiger partial charge >= 0.3 is 0 Å². The van der Waals surface area contributed by atoms with Gasteiger partial charge in [-0.05, 0) is 31.0 Å². The summed E-state index contributed by atoms with van der Waals surface area (Å²) >= 11 is 0. The van der Waals surface area contributed by atoms with Gasteiger partial charge in [-0.1, -0.05) is 0 Å². The Morgan fingerprint density at radius 2 is 2.00 bits per heavy atom. The molecule has 2 bridgehead atoms. The fourth-order valence-corrected chi connectivity index (χ4v) is 3.41. The molecule has 2 fully saturated rings. The van der Waals surface area contributed by atoms with Crippen molar-refractivity contribution in [2.45, 2.75) is 38.0 Å². The van der Waals surface area contributed by atoms with Crippen molar-refractivity contribution in [2.24, 2.45) is 5.73 Å². The predicted octanol–water partition coefficient (Wildman–Crippen LogP) is 1.10. The zero-order valence-corrected chi connectivity index (χ0v) is 11.9. The van der Waals surface area contributed by atoms with Crippen molar-refractivity contribution in [1.82, 2.24) is 9.80 Å². The summed E-state index contributed by atoms with van der Waals surface area (Å²) in [4.78, 5) is 16.2. The molecule has 1 amide bonds. The van der Waals surface area contributed by atoms with Crippen molar-refractivity contribution in [3.8, 4) is 0 Å². The van der Waals surface area contributed by atoms with Crippen LogP contribution in [-0.2, 0) is 11.3 Å². The summed E-state index contributed by atoms with van der Waals surface area (Å²) in [6.45, 7) is 3.68. The van der Waals surface area contributed by atoms with E-state index in [2.05, 4.69) is 4.90 Å². The highest BCUT2D eigenvalue weighted by atomic mass is 19.1. The molecule has 2 aliphatic rings. The molecule has 21 heavy (non-hydrogen) atoms. The van der Waals surface area contributed by atoms with Crippen LogP contribution in [0.15, 0.2) is 18.2 Å². The van der Waals surface area contributed by atoms with Crippen LogP contribution in [0.25, 0.3) is 0 Å². The first kappa shape index (κ1) is 14.4. The van der Waals surface area contributed by atoms with Crippen LogP contribution in [0.4, 0.5) is 8.78 Å². The maximum absolute atomic E-state index is 13.2. The monoisotopic (exact) mass is 295 g/mol. The lowest BCUT2D eigenvalue weighted by atomic mass is 10.1. The summed E-state index contributed by atoms with van der Waals surface area (Å²) in [5.41, 5.74) is 6.28. The third kappa shape index (κ3) is 2.78. The summed E-state index contributed by atoms with van der Waals surface area (Å²) in [7, 11) is 0. The molecule has 114 valence electrons. The van der Waals surface area contributed by atoms with Crippen LogP contribution < -0.4 is 5.73 Å². The summed E-state index contributed by atoms with van der Waals surface area (Å²) in [6.07, 6.45) is 0.781. The molecule has 2 saturated heterocycles. The molecule has 2 N–H and O–H groups in total. The molecule has 3 unspecified atom stereocenters. The minimum Gasteiger partial charge on any atom is -0.333 e. The maximum Gasteiger partial charge on any atom is 0.240 e. The van der Waals surface area contributed by atoms with E-state index in [1.807, 2.05) is 6.92 Å². The average Bonchev–Trinajstić information content (AvgIpc) is 2.87. The first-order valence-corrected chi connectivity index (χ1v) is 7.19. The number of fused-ring (bicyclic) bond motifs is 2.